The first-order valence-corrected chi connectivity index (χ1v) is 9.91. The van der Waals surface area contributed by atoms with Crippen LogP contribution in [0.1, 0.15) is 40.5 Å². The number of nitrogens with zero attached hydrogens (tertiary/aromatic N) is 5. The largest absolute Gasteiger partial charge is 0.490 e. The van der Waals surface area contributed by atoms with Crippen molar-refractivity contribution in [2.75, 3.05) is 13.1 Å². The number of hydrogen-bond donors (Lipinski definition) is 0. The monoisotopic (exact) mass is 415 g/mol. The predicted molar refractivity (Wildman–Crippen MR) is 106 cm³/mol. The fraction of sp³-hybridized carbons (Fsp3) is 0.400. The van der Waals surface area contributed by atoms with Crippen LogP contribution in [0.2, 0.25) is 5.02 Å². The number of carbonyl (C=O) groups is 1. The van der Waals surface area contributed by atoms with Crippen LogP contribution in [-0.4, -0.2) is 50.2 Å². The van der Waals surface area contributed by atoms with Gasteiger partial charge in [0.2, 0.25) is 0 Å². The first kappa shape index (κ1) is 19.4. The summed E-state index contributed by atoms with van der Waals surface area (Å²) in [4.78, 5) is 14.7. The maximum atomic E-state index is 12.9. The molecule has 8 nitrogen and oxygen atoms in total. The Morgan fingerprint density at radius 3 is 2.62 bits per heavy atom. The Bertz CT molecular complexity index is 990. The van der Waals surface area contributed by atoms with E-state index in [0.717, 1.165) is 24.3 Å². The third-order valence-corrected chi connectivity index (χ3v) is 5.27. The smallest absolute Gasteiger partial charge is 0.276 e. The molecule has 1 aromatic carbocycles. The molecule has 4 rings (SSSR count). The molecule has 0 aliphatic carbocycles. The molecule has 0 N–H and O–H groups in total. The van der Waals surface area contributed by atoms with Crippen LogP contribution in [0.25, 0.3) is 0 Å². The van der Waals surface area contributed by atoms with Gasteiger partial charge in [-0.05, 0) is 38.1 Å². The van der Waals surface area contributed by atoms with E-state index in [-0.39, 0.29) is 12.0 Å². The molecule has 0 saturated carbocycles. The van der Waals surface area contributed by atoms with Gasteiger partial charge in [-0.3, -0.25) is 4.79 Å². The third-order valence-electron chi connectivity index (χ3n) is 5.01. The summed E-state index contributed by atoms with van der Waals surface area (Å²) in [5.41, 5.74) is 1.89. The Labute approximate surface area is 173 Å². The molecule has 1 fully saturated rings. The second kappa shape index (κ2) is 8.24. The van der Waals surface area contributed by atoms with Crippen LogP contribution >= 0.6 is 11.6 Å². The average Bonchev–Trinajstić information content (AvgIpc) is 3.29. The molecule has 1 amide bonds. The number of piperidine rings is 1. The Kier molecular flexibility index (Phi) is 5.53. The van der Waals surface area contributed by atoms with E-state index in [9.17, 15) is 4.79 Å². The maximum Gasteiger partial charge on any atom is 0.276 e. The molecular formula is C20H22ClN5O3. The lowest BCUT2D eigenvalue weighted by Gasteiger charge is -2.31. The number of amides is 1. The summed E-state index contributed by atoms with van der Waals surface area (Å²) in [6, 6.07) is 9.17. The van der Waals surface area contributed by atoms with Crippen LogP contribution in [0.4, 0.5) is 0 Å². The highest BCUT2D eigenvalue weighted by molar-refractivity contribution is 6.30. The highest BCUT2D eigenvalue weighted by Crippen LogP contribution is 2.22. The van der Waals surface area contributed by atoms with Gasteiger partial charge in [-0.15, -0.1) is 5.10 Å². The Balaban J connectivity index is 1.35. The van der Waals surface area contributed by atoms with Crippen LogP contribution in [0.3, 0.4) is 0 Å². The fourth-order valence-electron chi connectivity index (χ4n) is 3.38. The van der Waals surface area contributed by atoms with E-state index in [2.05, 4.69) is 15.5 Å². The summed E-state index contributed by atoms with van der Waals surface area (Å²) in [5.74, 6) is 1.36. The van der Waals surface area contributed by atoms with E-state index in [4.69, 9.17) is 20.9 Å². The van der Waals surface area contributed by atoms with Crippen LogP contribution in [0.15, 0.2) is 34.9 Å². The van der Waals surface area contributed by atoms with Gasteiger partial charge in [0.1, 0.15) is 18.4 Å². The minimum absolute atomic E-state index is 0.0756. The van der Waals surface area contributed by atoms with Gasteiger partial charge in [0.15, 0.2) is 11.5 Å². The van der Waals surface area contributed by atoms with Gasteiger partial charge in [0.25, 0.3) is 5.91 Å². The Hall–Kier alpha value is -2.87. The average molecular weight is 416 g/mol. The van der Waals surface area contributed by atoms with Gasteiger partial charge in [-0.25, -0.2) is 4.68 Å². The van der Waals surface area contributed by atoms with Crippen molar-refractivity contribution >= 4 is 17.5 Å². The van der Waals surface area contributed by atoms with Crippen molar-refractivity contribution in [3.8, 4) is 5.75 Å². The molecule has 29 heavy (non-hydrogen) atoms. The molecule has 0 radical (unpaired) electrons. The first-order valence-electron chi connectivity index (χ1n) is 9.53. The normalized spacial score (nSPS) is 14.9. The minimum Gasteiger partial charge on any atom is -0.490 e. The molecule has 152 valence electrons. The van der Waals surface area contributed by atoms with Crippen molar-refractivity contribution in [1.82, 2.24) is 25.1 Å². The second-order valence-electron chi connectivity index (χ2n) is 7.18. The van der Waals surface area contributed by atoms with E-state index in [1.165, 1.54) is 0 Å². The number of halogens is 1. The summed E-state index contributed by atoms with van der Waals surface area (Å²) in [6.07, 6.45) is 1.60. The number of rotatable bonds is 5. The van der Waals surface area contributed by atoms with E-state index in [0.29, 0.717) is 41.8 Å². The van der Waals surface area contributed by atoms with Crippen LogP contribution in [0, 0.1) is 13.8 Å². The molecule has 3 aromatic rings. The fourth-order valence-corrected chi connectivity index (χ4v) is 3.50. The first-order chi connectivity index (χ1) is 14.0. The van der Waals surface area contributed by atoms with Gasteiger partial charge in [-0.1, -0.05) is 22.0 Å². The van der Waals surface area contributed by atoms with E-state index < -0.39 is 0 Å². The number of benzene rings is 1. The predicted octanol–water partition coefficient (Wildman–Crippen LogP) is 3.27. The van der Waals surface area contributed by atoms with Gasteiger partial charge >= 0.3 is 0 Å². The van der Waals surface area contributed by atoms with Crippen molar-refractivity contribution in [2.45, 2.75) is 39.3 Å². The van der Waals surface area contributed by atoms with Crippen LogP contribution in [0.5, 0.6) is 5.75 Å². The lowest BCUT2D eigenvalue weighted by molar-refractivity contribution is 0.0589. The van der Waals surface area contributed by atoms with E-state index in [1.807, 2.05) is 49.1 Å². The Morgan fingerprint density at radius 1 is 1.24 bits per heavy atom. The number of aryl methyl sites for hydroxylation is 1. The zero-order valence-electron chi connectivity index (χ0n) is 16.3. The van der Waals surface area contributed by atoms with Crippen molar-refractivity contribution in [3.05, 3.63) is 58.2 Å². The SMILES string of the molecule is Cc1cc(Cn2nnc(C(=O)N3CCC(Oc4ccc(Cl)cc4)CC3)c2C)on1. The van der Waals surface area contributed by atoms with Crippen molar-refractivity contribution in [1.29, 1.82) is 0 Å². The second-order valence-corrected chi connectivity index (χ2v) is 7.62. The summed E-state index contributed by atoms with van der Waals surface area (Å²) in [7, 11) is 0. The van der Waals surface area contributed by atoms with Gasteiger partial charge < -0.3 is 14.2 Å². The molecule has 0 spiro atoms. The van der Waals surface area contributed by atoms with Crippen molar-refractivity contribution in [2.24, 2.45) is 0 Å². The van der Waals surface area contributed by atoms with Crippen LogP contribution < -0.4 is 4.74 Å². The topological polar surface area (TPSA) is 86.3 Å². The highest BCUT2D eigenvalue weighted by Gasteiger charge is 2.28. The highest BCUT2D eigenvalue weighted by atomic mass is 35.5. The van der Waals surface area contributed by atoms with Gasteiger partial charge in [0.05, 0.1) is 11.4 Å². The number of aromatic nitrogens is 4. The minimum atomic E-state index is -0.104. The molecular weight excluding hydrogens is 394 g/mol. The lowest BCUT2D eigenvalue weighted by Crippen LogP contribution is -2.42. The maximum absolute atomic E-state index is 12.9. The molecule has 1 aliphatic rings. The quantitative estimate of drug-likeness (QED) is 0.635. The van der Waals surface area contributed by atoms with E-state index >= 15 is 0 Å². The lowest BCUT2D eigenvalue weighted by atomic mass is 10.1. The van der Waals surface area contributed by atoms with Crippen LogP contribution in [-0.2, 0) is 6.54 Å². The molecule has 0 bridgehead atoms. The summed E-state index contributed by atoms with van der Waals surface area (Å²) < 4.78 is 12.9. The van der Waals surface area contributed by atoms with E-state index in [1.54, 1.807) is 4.68 Å². The van der Waals surface area contributed by atoms with Crippen molar-refractivity contribution in [3.63, 3.8) is 0 Å². The molecule has 0 atom stereocenters. The Morgan fingerprint density at radius 2 is 1.97 bits per heavy atom. The number of ether oxygens (including phenoxy) is 1. The van der Waals surface area contributed by atoms with Gasteiger partial charge in [0, 0.05) is 37.0 Å². The molecule has 1 saturated heterocycles. The molecule has 9 heteroatoms. The number of carbonyl (C=O) groups excluding carboxylic acids is 1. The summed E-state index contributed by atoms with van der Waals surface area (Å²) in [6.45, 7) is 5.32. The molecule has 2 aromatic heterocycles. The van der Waals surface area contributed by atoms with Crippen molar-refractivity contribution < 1.29 is 14.1 Å². The third kappa shape index (κ3) is 4.42. The number of hydrogen-bond acceptors (Lipinski definition) is 6. The molecule has 3 heterocycles. The molecule has 0 unspecified atom stereocenters. The molecule has 1 aliphatic heterocycles. The zero-order valence-corrected chi connectivity index (χ0v) is 17.1. The zero-order chi connectivity index (χ0) is 20.4. The number of likely N-dealkylation sites (tertiary alicyclic amines) is 1. The summed E-state index contributed by atoms with van der Waals surface area (Å²) >= 11 is 5.91. The van der Waals surface area contributed by atoms with Gasteiger partial charge in [-0.2, -0.15) is 0 Å². The standard InChI is InChI=1S/C20H22ClN5O3/c1-13-11-18(29-23-13)12-26-14(2)19(22-24-26)20(27)25-9-7-17(8-10-25)28-16-5-3-15(21)4-6-16/h3-6,11,17H,7-10,12H2,1-2H3. The summed E-state index contributed by atoms with van der Waals surface area (Å²) in [5, 5.41) is 12.8.